The molecular formula is C17H22N2O3S. The van der Waals surface area contributed by atoms with Gasteiger partial charge in [-0.3, -0.25) is 4.79 Å². The molecule has 0 radical (unpaired) electrons. The lowest BCUT2D eigenvalue weighted by molar-refractivity contribution is 0.0449. The second-order valence-corrected chi connectivity index (χ2v) is 7.10. The summed E-state index contributed by atoms with van der Waals surface area (Å²) in [5.41, 5.74) is 0.437. The number of aliphatic hydroxyl groups excluding tert-OH is 1. The lowest BCUT2D eigenvalue weighted by atomic mass is 9.86. The summed E-state index contributed by atoms with van der Waals surface area (Å²) < 4.78 is 5.55. The van der Waals surface area contributed by atoms with Crippen molar-refractivity contribution in [2.24, 2.45) is 5.92 Å². The summed E-state index contributed by atoms with van der Waals surface area (Å²) in [6.45, 7) is 2.46. The Morgan fingerprint density at radius 3 is 2.91 bits per heavy atom. The fraction of sp³-hybridized carbons (Fsp3) is 0.529. The molecule has 124 valence electrons. The van der Waals surface area contributed by atoms with Gasteiger partial charge in [0.2, 0.25) is 0 Å². The van der Waals surface area contributed by atoms with Gasteiger partial charge >= 0.3 is 0 Å². The van der Waals surface area contributed by atoms with Crippen LogP contribution in [0.15, 0.2) is 21.9 Å². The third-order valence-electron chi connectivity index (χ3n) is 4.40. The Labute approximate surface area is 140 Å². The van der Waals surface area contributed by atoms with E-state index in [0.717, 1.165) is 31.4 Å². The molecule has 23 heavy (non-hydrogen) atoms. The predicted molar refractivity (Wildman–Crippen MR) is 89.5 cm³/mol. The number of aliphatic hydroxyl groups is 1. The summed E-state index contributed by atoms with van der Waals surface area (Å²) in [6, 6.07) is 3.75. The van der Waals surface area contributed by atoms with E-state index in [9.17, 15) is 9.90 Å². The number of aryl methyl sites for hydroxylation is 1. The lowest BCUT2D eigenvalue weighted by Gasteiger charge is -2.30. The highest BCUT2D eigenvalue weighted by Gasteiger charge is 2.26. The first-order valence-electron chi connectivity index (χ1n) is 8.00. The molecule has 2 atom stereocenters. The molecule has 3 rings (SSSR count). The maximum absolute atomic E-state index is 12.5. The Bertz CT molecular complexity index is 679. The molecule has 5 nitrogen and oxygen atoms in total. The van der Waals surface area contributed by atoms with Crippen LogP contribution < -0.4 is 0 Å². The van der Waals surface area contributed by atoms with E-state index >= 15 is 0 Å². The first-order chi connectivity index (χ1) is 11.0. The number of hydrogen-bond acceptors (Lipinski definition) is 5. The van der Waals surface area contributed by atoms with Gasteiger partial charge < -0.3 is 14.4 Å². The zero-order valence-electron chi connectivity index (χ0n) is 13.5. The minimum atomic E-state index is -0.295. The number of furan rings is 1. The fourth-order valence-corrected chi connectivity index (χ4v) is 3.82. The first-order valence-corrected chi connectivity index (χ1v) is 8.88. The average Bonchev–Trinajstić information content (AvgIpc) is 3.17. The second kappa shape index (κ2) is 6.84. The monoisotopic (exact) mass is 334 g/mol. The smallest absolute Gasteiger partial charge is 0.273 e. The third-order valence-corrected chi connectivity index (χ3v) is 5.26. The quantitative estimate of drug-likeness (QED) is 0.931. The Hall–Kier alpha value is -1.66. The van der Waals surface area contributed by atoms with E-state index in [0.29, 0.717) is 23.0 Å². The van der Waals surface area contributed by atoms with E-state index in [-0.39, 0.29) is 17.9 Å². The minimum absolute atomic E-state index is 0.103. The molecule has 1 N–H and O–H groups in total. The van der Waals surface area contributed by atoms with Gasteiger partial charge in [0.1, 0.15) is 11.5 Å². The molecule has 0 aromatic carbocycles. The number of aromatic nitrogens is 1. The number of nitrogens with zero attached hydrogens (tertiary/aromatic N) is 2. The van der Waals surface area contributed by atoms with Crippen LogP contribution in [0.5, 0.6) is 0 Å². The molecule has 0 aliphatic heterocycles. The van der Waals surface area contributed by atoms with E-state index in [1.165, 1.54) is 11.3 Å². The van der Waals surface area contributed by atoms with Gasteiger partial charge in [-0.15, -0.1) is 11.3 Å². The zero-order chi connectivity index (χ0) is 16.4. The highest BCUT2D eigenvalue weighted by atomic mass is 32.1. The van der Waals surface area contributed by atoms with Crippen molar-refractivity contribution in [1.82, 2.24) is 9.88 Å². The molecule has 2 heterocycles. The van der Waals surface area contributed by atoms with Gasteiger partial charge in [0.15, 0.2) is 10.8 Å². The van der Waals surface area contributed by atoms with Crippen LogP contribution in [0.4, 0.5) is 0 Å². The number of rotatable bonds is 4. The van der Waals surface area contributed by atoms with Crippen LogP contribution >= 0.6 is 11.3 Å². The normalized spacial score (nSPS) is 21.3. The molecule has 0 bridgehead atoms. The van der Waals surface area contributed by atoms with Crippen molar-refractivity contribution in [3.05, 3.63) is 29.0 Å². The molecule has 1 aliphatic carbocycles. The van der Waals surface area contributed by atoms with Gasteiger partial charge in [-0.1, -0.05) is 12.8 Å². The van der Waals surface area contributed by atoms with Crippen LogP contribution in [0.25, 0.3) is 10.8 Å². The Balaban J connectivity index is 1.66. The van der Waals surface area contributed by atoms with E-state index in [1.54, 1.807) is 17.3 Å². The van der Waals surface area contributed by atoms with E-state index in [2.05, 4.69) is 4.98 Å². The average molecular weight is 334 g/mol. The molecule has 2 aromatic rings. The topological polar surface area (TPSA) is 66.6 Å². The van der Waals surface area contributed by atoms with Crippen molar-refractivity contribution in [2.45, 2.75) is 38.7 Å². The summed E-state index contributed by atoms with van der Waals surface area (Å²) in [4.78, 5) is 18.6. The summed E-state index contributed by atoms with van der Waals surface area (Å²) in [5.74, 6) is 1.58. The van der Waals surface area contributed by atoms with Crippen molar-refractivity contribution in [3.63, 3.8) is 0 Å². The van der Waals surface area contributed by atoms with Crippen LogP contribution in [0.3, 0.4) is 0 Å². The van der Waals surface area contributed by atoms with Gasteiger partial charge in [0.25, 0.3) is 5.91 Å². The summed E-state index contributed by atoms with van der Waals surface area (Å²) in [5, 5.41) is 12.5. The van der Waals surface area contributed by atoms with Crippen molar-refractivity contribution in [1.29, 1.82) is 0 Å². The molecule has 1 amide bonds. The number of thiazole rings is 1. The predicted octanol–water partition coefficient (Wildman–Crippen LogP) is 3.33. The number of carbonyl (C=O) groups excluding carboxylic acids is 1. The van der Waals surface area contributed by atoms with Gasteiger partial charge in [-0.05, 0) is 31.9 Å². The largest absolute Gasteiger partial charge is 0.459 e. The van der Waals surface area contributed by atoms with Crippen LogP contribution in [-0.2, 0) is 0 Å². The van der Waals surface area contributed by atoms with Crippen molar-refractivity contribution in [3.8, 4) is 10.8 Å². The number of hydrogen-bond donors (Lipinski definition) is 1. The molecule has 0 spiro atoms. The van der Waals surface area contributed by atoms with Crippen molar-refractivity contribution >= 4 is 17.2 Å². The van der Waals surface area contributed by atoms with Crippen LogP contribution in [0, 0.1) is 12.8 Å². The van der Waals surface area contributed by atoms with E-state index in [4.69, 9.17) is 4.42 Å². The molecule has 2 aromatic heterocycles. The van der Waals surface area contributed by atoms with Crippen LogP contribution in [0.1, 0.15) is 41.9 Å². The molecule has 1 fully saturated rings. The molecule has 1 saturated carbocycles. The lowest BCUT2D eigenvalue weighted by Crippen LogP contribution is -2.38. The third kappa shape index (κ3) is 3.64. The van der Waals surface area contributed by atoms with Crippen molar-refractivity contribution in [2.75, 3.05) is 13.6 Å². The first kappa shape index (κ1) is 16.2. The Kier molecular flexibility index (Phi) is 4.82. The molecule has 0 saturated heterocycles. The van der Waals surface area contributed by atoms with Gasteiger partial charge in [0.05, 0.1) is 6.10 Å². The molecular weight excluding hydrogens is 312 g/mol. The summed E-state index contributed by atoms with van der Waals surface area (Å²) in [7, 11) is 1.78. The fourth-order valence-electron chi connectivity index (χ4n) is 3.07. The van der Waals surface area contributed by atoms with Gasteiger partial charge in [0, 0.05) is 24.9 Å². The zero-order valence-corrected chi connectivity index (χ0v) is 14.3. The van der Waals surface area contributed by atoms with E-state index in [1.807, 2.05) is 19.1 Å². The van der Waals surface area contributed by atoms with Gasteiger partial charge in [-0.2, -0.15) is 0 Å². The molecule has 1 aliphatic rings. The highest BCUT2D eigenvalue weighted by molar-refractivity contribution is 7.13. The van der Waals surface area contributed by atoms with Crippen LogP contribution in [-0.4, -0.2) is 40.6 Å². The second-order valence-electron chi connectivity index (χ2n) is 6.25. The number of amides is 1. The Morgan fingerprint density at radius 2 is 2.22 bits per heavy atom. The number of carbonyl (C=O) groups is 1. The Morgan fingerprint density at radius 1 is 1.43 bits per heavy atom. The molecule has 2 unspecified atom stereocenters. The SMILES string of the molecule is Cc1ccc(-c2nc(C(=O)N(C)CC3CCCCC3O)cs2)o1. The summed E-state index contributed by atoms with van der Waals surface area (Å²) >= 11 is 1.41. The van der Waals surface area contributed by atoms with Crippen molar-refractivity contribution < 1.29 is 14.3 Å². The summed E-state index contributed by atoms with van der Waals surface area (Å²) in [6.07, 6.45) is 3.73. The maximum atomic E-state index is 12.5. The standard InChI is InChI=1S/C17H22N2O3S/c1-11-7-8-15(22-11)16-18-13(10-23-16)17(21)19(2)9-12-5-3-4-6-14(12)20/h7-8,10,12,14,20H,3-6,9H2,1-2H3. The minimum Gasteiger partial charge on any atom is -0.459 e. The van der Waals surface area contributed by atoms with Gasteiger partial charge in [-0.25, -0.2) is 4.98 Å². The maximum Gasteiger partial charge on any atom is 0.273 e. The van der Waals surface area contributed by atoms with Crippen LogP contribution in [0.2, 0.25) is 0 Å². The highest BCUT2D eigenvalue weighted by Crippen LogP contribution is 2.27. The molecule has 6 heteroatoms. The van der Waals surface area contributed by atoms with E-state index < -0.39 is 0 Å².